The molecule has 0 aliphatic carbocycles. The van der Waals surface area contributed by atoms with Crippen molar-refractivity contribution in [2.75, 3.05) is 5.32 Å². The lowest BCUT2D eigenvalue weighted by atomic mass is 10.7. The second-order valence-electron chi connectivity index (χ2n) is 1.15. The van der Waals surface area contributed by atoms with E-state index in [1.807, 2.05) is 11.4 Å². The van der Waals surface area contributed by atoms with Gasteiger partial charge in [-0.1, -0.05) is 12.2 Å². The topological polar surface area (TPSA) is 24.9 Å². The summed E-state index contributed by atoms with van der Waals surface area (Å²) < 4.78 is 3.94. The molecule has 0 radical (unpaired) electrons. The molecule has 0 bridgehead atoms. The van der Waals surface area contributed by atoms with Crippen molar-refractivity contribution in [3.05, 3.63) is 11.4 Å². The summed E-state index contributed by atoms with van der Waals surface area (Å²) in [6.07, 6.45) is 0. The molecule has 0 aliphatic rings. The first-order valence-corrected chi connectivity index (χ1v) is 3.35. The first kappa shape index (κ1) is 5.65. The van der Waals surface area contributed by atoms with Gasteiger partial charge in [0.2, 0.25) is 0 Å². The third-order valence-electron chi connectivity index (χ3n) is 0.645. The average Bonchev–Trinajstić information content (AvgIpc) is 2.19. The zero-order chi connectivity index (χ0) is 5.82. The number of nitrogens with one attached hydrogen (secondary N) is 1. The van der Waals surface area contributed by atoms with Crippen LogP contribution in [0.2, 0.25) is 0 Å². The van der Waals surface area contributed by atoms with Gasteiger partial charge in [-0.3, -0.25) is 0 Å². The van der Waals surface area contributed by atoms with E-state index >= 15 is 0 Å². The van der Waals surface area contributed by atoms with Gasteiger partial charge in [0.05, 0.1) is 5.49 Å². The van der Waals surface area contributed by atoms with E-state index in [9.17, 15) is 0 Å². The Morgan fingerprint density at radius 2 is 2.75 bits per heavy atom. The van der Waals surface area contributed by atoms with Crippen LogP contribution in [0.3, 0.4) is 0 Å². The fraction of sp³-hybridized carbons (Fsp3) is 0. The third kappa shape index (κ3) is 1.24. The minimum atomic E-state index is 0.824. The van der Waals surface area contributed by atoms with Crippen LogP contribution in [0.4, 0.5) is 5.82 Å². The molecule has 2 nitrogen and oxygen atoms in total. The Morgan fingerprint density at radius 3 is 3.25 bits per heavy atom. The number of anilines is 1. The molecule has 0 amide bonds. The number of aromatic nitrogens is 1. The fourth-order valence-corrected chi connectivity index (χ4v) is 0.946. The highest BCUT2D eigenvalue weighted by Crippen LogP contribution is 2.03. The number of rotatable bonds is 2. The molecule has 0 atom stereocenters. The molecule has 1 rings (SSSR count). The van der Waals surface area contributed by atoms with Crippen LogP contribution in [-0.2, 0) is 0 Å². The minimum absolute atomic E-state index is 0.824. The Labute approximate surface area is 56.7 Å². The summed E-state index contributed by atoms with van der Waals surface area (Å²) in [4.78, 5) is 0. The summed E-state index contributed by atoms with van der Waals surface area (Å²) in [5, 5.41) is 4.67. The highest BCUT2D eigenvalue weighted by molar-refractivity contribution is 7.79. The summed E-state index contributed by atoms with van der Waals surface area (Å²) in [5.74, 6) is 0.824. The molecule has 0 saturated carbocycles. The van der Waals surface area contributed by atoms with Crippen LogP contribution in [0.25, 0.3) is 0 Å². The van der Waals surface area contributed by atoms with Gasteiger partial charge >= 0.3 is 0 Å². The largest absolute Gasteiger partial charge is 0.337 e. The molecule has 0 aromatic carbocycles. The second kappa shape index (κ2) is 2.74. The van der Waals surface area contributed by atoms with Crippen molar-refractivity contribution in [2.45, 2.75) is 0 Å². The van der Waals surface area contributed by atoms with Crippen LogP contribution in [-0.4, -0.2) is 9.86 Å². The van der Waals surface area contributed by atoms with Crippen LogP contribution in [0.5, 0.6) is 0 Å². The molecular weight excluding hydrogens is 140 g/mol. The standard InChI is InChI=1S/C4H4N2S2/c7-3-5-4-1-2-8-6-4/h1-3H,(H,5,6,7). The Balaban J connectivity index is 2.62. The van der Waals surface area contributed by atoms with Gasteiger partial charge < -0.3 is 5.32 Å². The van der Waals surface area contributed by atoms with E-state index < -0.39 is 0 Å². The lowest BCUT2D eigenvalue weighted by Crippen LogP contribution is -1.89. The molecule has 0 saturated heterocycles. The van der Waals surface area contributed by atoms with Crippen LogP contribution < -0.4 is 5.32 Å². The summed E-state index contributed by atoms with van der Waals surface area (Å²) in [7, 11) is 0. The maximum Gasteiger partial charge on any atom is 0.144 e. The Hall–Kier alpha value is -0.480. The highest BCUT2D eigenvalue weighted by atomic mass is 32.1. The maximum atomic E-state index is 4.53. The van der Waals surface area contributed by atoms with Crippen molar-refractivity contribution < 1.29 is 0 Å². The lowest BCUT2D eigenvalue weighted by molar-refractivity contribution is 1.55. The lowest BCUT2D eigenvalue weighted by Gasteiger charge is -1.85. The van der Waals surface area contributed by atoms with Crippen molar-refractivity contribution in [1.29, 1.82) is 0 Å². The highest BCUT2D eigenvalue weighted by Gasteiger charge is 1.84. The van der Waals surface area contributed by atoms with E-state index in [0.29, 0.717) is 0 Å². The smallest absolute Gasteiger partial charge is 0.144 e. The molecule has 1 heterocycles. The normalized spacial score (nSPS) is 8.50. The molecule has 0 spiro atoms. The average molecular weight is 144 g/mol. The monoisotopic (exact) mass is 144 g/mol. The molecule has 1 aromatic heterocycles. The van der Waals surface area contributed by atoms with Crippen molar-refractivity contribution in [2.24, 2.45) is 0 Å². The van der Waals surface area contributed by atoms with Crippen LogP contribution in [0.15, 0.2) is 11.4 Å². The van der Waals surface area contributed by atoms with Crippen LogP contribution in [0, 0.1) is 0 Å². The van der Waals surface area contributed by atoms with Crippen LogP contribution in [0.1, 0.15) is 0 Å². The van der Waals surface area contributed by atoms with E-state index in [1.54, 1.807) is 0 Å². The molecule has 1 N–H and O–H groups in total. The van der Waals surface area contributed by atoms with E-state index in [2.05, 4.69) is 21.9 Å². The van der Waals surface area contributed by atoms with Gasteiger partial charge in [0.25, 0.3) is 0 Å². The van der Waals surface area contributed by atoms with Crippen molar-refractivity contribution in [1.82, 2.24) is 4.37 Å². The third-order valence-corrected chi connectivity index (χ3v) is 1.32. The van der Waals surface area contributed by atoms with E-state index in [1.165, 1.54) is 17.0 Å². The Morgan fingerprint density at radius 1 is 1.88 bits per heavy atom. The first-order chi connectivity index (χ1) is 3.93. The Kier molecular flexibility index (Phi) is 1.93. The van der Waals surface area contributed by atoms with E-state index in [0.717, 1.165) is 5.82 Å². The van der Waals surface area contributed by atoms with Gasteiger partial charge in [-0.2, -0.15) is 4.37 Å². The predicted molar refractivity (Wildman–Crippen MR) is 39.4 cm³/mol. The Bertz CT molecular complexity index is 159. The molecule has 8 heavy (non-hydrogen) atoms. The summed E-state index contributed by atoms with van der Waals surface area (Å²) in [6, 6.07) is 1.87. The van der Waals surface area contributed by atoms with Crippen molar-refractivity contribution in [3.8, 4) is 0 Å². The van der Waals surface area contributed by atoms with E-state index in [-0.39, 0.29) is 0 Å². The summed E-state index contributed by atoms with van der Waals surface area (Å²) in [6.45, 7) is 0. The second-order valence-corrected chi connectivity index (χ2v) is 2.05. The summed E-state index contributed by atoms with van der Waals surface area (Å²) in [5.41, 5.74) is 1.44. The first-order valence-electron chi connectivity index (χ1n) is 2.04. The van der Waals surface area contributed by atoms with Gasteiger partial charge in [-0.25, -0.2) is 0 Å². The molecule has 1 aromatic rings. The zero-order valence-electron chi connectivity index (χ0n) is 4.00. The summed E-state index contributed by atoms with van der Waals surface area (Å²) >= 11 is 5.93. The van der Waals surface area contributed by atoms with Gasteiger partial charge in [0, 0.05) is 5.38 Å². The van der Waals surface area contributed by atoms with Crippen LogP contribution >= 0.6 is 23.8 Å². The van der Waals surface area contributed by atoms with Gasteiger partial charge in [0.1, 0.15) is 5.82 Å². The molecule has 0 fully saturated rings. The quantitative estimate of drug-likeness (QED) is 0.637. The number of hydrogen-bond acceptors (Lipinski definition) is 3. The number of nitrogens with zero attached hydrogens (tertiary/aromatic N) is 1. The molecule has 0 aliphatic heterocycles. The van der Waals surface area contributed by atoms with Gasteiger partial charge in [-0.05, 0) is 17.6 Å². The van der Waals surface area contributed by atoms with Gasteiger partial charge in [-0.15, -0.1) is 0 Å². The van der Waals surface area contributed by atoms with Crippen molar-refractivity contribution >= 4 is 35.1 Å². The number of thiocarbonyl (C=S) groups is 1. The minimum Gasteiger partial charge on any atom is -0.337 e. The maximum absolute atomic E-state index is 4.53. The van der Waals surface area contributed by atoms with Gasteiger partial charge in [0.15, 0.2) is 0 Å². The van der Waals surface area contributed by atoms with Crippen molar-refractivity contribution in [3.63, 3.8) is 0 Å². The molecule has 4 heteroatoms. The predicted octanol–water partition coefficient (Wildman–Crippen LogP) is 1.51. The zero-order valence-corrected chi connectivity index (χ0v) is 5.63. The number of hydrogen-bond donors (Lipinski definition) is 1. The molecule has 0 unspecified atom stereocenters. The molecule has 42 valence electrons. The molecular formula is C4H4N2S2. The van der Waals surface area contributed by atoms with E-state index in [4.69, 9.17) is 0 Å². The SMILES string of the molecule is S=CNc1ccsn1. The fourth-order valence-electron chi connectivity index (χ4n) is 0.347.